The average Bonchev–Trinajstić information content (AvgIpc) is 3.04. The highest BCUT2D eigenvalue weighted by Crippen LogP contribution is 2.23. The van der Waals surface area contributed by atoms with Crippen molar-refractivity contribution in [1.82, 2.24) is 14.3 Å². The number of carbonyl (C=O) groups is 1. The monoisotopic (exact) mass is 416 g/mol. The number of halogens is 4. The molecule has 0 aliphatic rings. The van der Waals surface area contributed by atoms with E-state index in [-0.39, 0.29) is 30.5 Å². The van der Waals surface area contributed by atoms with Crippen LogP contribution in [0.25, 0.3) is 11.5 Å². The van der Waals surface area contributed by atoms with Crippen molar-refractivity contribution in [2.75, 3.05) is 5.32 Å². The second-order valence-corrected chi connectivity index (χ2v) is 5.81. The highest BCUT2D eigenvalue weighted by atomic mass is 35.5. The summed E-state index contributed by atoms with van der Waals surface area (Å²) in [6.07, 6.45) is -3.16. The molecule has 0 atom stereocenters. The summed E-state index contributed by atoms with van der Waals surface area (Å²) in [4.78, 5) is 20.3. The van der Waals surface area contributed by atoms with Crippen molar-refractivity contribution in [3.8, 4) is 17.3 Å². The molecule has 0 saturated carbocycles. The van der Waals surface area contributed by atoms with E-state index in [4.69, 9.17) is 0 Å². The molecule has 1 amide bonds. The highest BCUT2D eigenvalue weighted by Gasteiger charge is 2.30. The molecule has 0 aliphatic heterocycles. The first kappa shape index (κ1) is 20.6. The fraction of sp³-hybridized carbons (Fsp3) is 0.125. The Labute approximate surface area is 162 Å². The fourth-order valence-corrected chi connectivity index (χ4v) is 2.63. The Hall–Kier alpha value is -2.72. The van der Waals surface area contributed by atoms with Gasteiger partial charge >= 0.3 is 6.36 Å². The number of hydrogen-bond donors (Lipinski definition) is 1. The number of aromatic nitrogens is 3. The van der Waals surface area contributed by atoms with E-state index in [2.05, 4.69) is 24.4 Å². The number of rotatable bonds is 5. The molecule has 0 spiro atoms. The number of nitrogens with one attached hydrogen (secondary N) is 1. The Morgan fingerprint density at radius 2 is 1.89 bits per heavy atom. The topological polar surface area (TPSA) is 77.0 Å². The van der Waals surface area contributed by atoms with Gasteiger partial charge in [0.25, 0.3) is 0 Å². The van der Waals surface area contributed by atoms with E-state index in [9.17, 15) is 18.0 Å². The third kappa shape index (κ3) is 6.19. The number of ether oxygens (including phenoxy) is 1. The van der Waals surface area contributed by atoms with E-state index in [0.29, 0.717) is 22.2 Å². The van der Waals surface area contributed by atoms with Crippen LogP contribution in [-0.2, 0) is 11.2 Å². The maximum Gasteiger partial charge on any atom is 0.573 e. The maximum absolute atomic E-state index is 12.1. The van der Waals surface area contributed by atoms with E-state index in [0.717, 1.165) is 23.7 Å². The predicted octanol–water partition coefficient (Wildman–Crippen LogP) is 4.10. The van der Waals surface area contributed by atoms with Crippen LogP contribution in [0.5, 0.6) is 5.75 Å². The number of pyridine rings is 1. The van der Waals surface area contributed by atoms with Gasteiger partial charge in [-0.1, -0.05) is 18.2 Å². The second-order valence-electron chi connectivity index (χ2n) is 5.05. The van der Waals surface area contributed by atoms with Crippen LogP contribution >= 0.6 is 23.9 Å². The molecular formula is C16H12ClF3N4O2S. The molecule has 1 aromatic carbocycles. The van der Waals surface area contributed by atoms with Gasteiger partial charge in [-0.15, -0.1) is 25.6 Å². The molecule has 0 saturated heterocycles. The number of amides is 1. The van der Waals surface area contributed by atoms with Gasteiger partial charge in [-0.25, -0.2) is 0 Å². The Morgan fingerprint density at radius 3 is 2.52 bits per heavy atom. The molecule has 11 heteroatoms. The number of benzene rings is 1. The van der Waals surface area contributed by atoms with Gasteiger partial charge in [0.05, 0.1) is 6.42 Å². The standard InChI is InChI=1S/C16H11F3N4O2S.ClH/c17-16(18,19)25-11-6-4-10(5-7-11)9-13(24)21-15-22-14(23-26-15)12-3-1-2-8-20-12;/h1-8H,9H2,(H,21,22,23,24);1H. The summed E-state index contributed by atoms with van der Waals surface area (Å²) in [6, 6.07) is 10.4. The van der Waals surface area contributed by atoms with Gasteiger partial charge in [0.15, 0.2) is 5.82 Å². The molecule has 0 unspecified atom stereocenters. The Bertz CT molecular complexity index is 889. The normalized spacial score (nSPS) is 10.8. The molecule has 6 nitrogen and oxygen atoms in total. The summed E-state index contributed by atoms with van der Waals surface area (Å²) in [5.41, 5.74) is 1.12. The van der Waals surface area contributed by atoms with Gasteiger partial charge in [-0.2, -0.15) is 9.36 Å². The lowest BCUT2D eigenvalue weighted by atomic mass is 10.1. The molecule has 3 aromatic rings. The van der Waals surface area contributed by atoms with Crippen LogP contribution in [0.4, 0.5) is 18.3 Å². The molecule has 2 aromatic heterocycles. The maximum atomic E-state index is 12.1. The predicted molar refractivity (Wildman–Crippen MR) is 95.8 cm³/mol. The third-order valence-corrected chi connectivity index (χ3v) is 3.72. The van der Waals surface area contributed by atoms with Crippen molar-refractivity contribution in [1.29, 1.82) is 0 Å². The first-order valence-corrected chi connectivity index (χ1v) is 8.06. The van der Waals surface area contributed by atoms with Crippen molar-refractivity contribution in [2.24, 2.45) is 0 Å². The number of nitrogens with zero attached hydrogens (tertiary/aromatic N) is 3. The molecule has 0 bridgehead atoms. The van der Waals surface area contributed by atoms with E-state index < -0.39 is 6.36 Å². The molecule has 142 valence electrons. The van der Waals surface area contributed by atoms with Crippen LogP contribution in [0.2, 0.25) is 0 Å². The van der Waals surface area contributed by atoms with E-state index in [1.54, 1.807) is 24.4 Å². The SMILES string of the molecule is Cl.O=C(Cc1ccc(OC(F)(F)F)cc1)Nc1nc(-c2ccccn2)ns1. The van der Waals surface area contributed by atoms with Crippen LogP contribution in [0.3, 0.4) is 0 Å². The molecule has 1 N–H and O–H groups in total. The van der Waals surface area contributed by atoms with Gasteiger partial charge < -0.3 is 10.1 Å². The number of carbonyl (C=O) groups excluding carboxylic acids is 1. The molecule has 0 fully saturated rings. The summed E-state index contributed by atoms with van der Waals surface area (Å²) in [5, 5.41) is 2.91. The Kier molecular flexibility index (Phi) is 6.70. The van der Waals surface area contributed by atoms with Gasteiger partial charge in [0, 0.05) is 17.7 Å². The number of hydrogen-bond acceptors (Lipinski definition) is 6. The lowest BCUT2D eigenvalue weighted by molar-refractivity contribution is -0.274. The van der Waals surface area contributed by atoms with Crippen molar-refractivity contribution < 1.29 is 22.7 Å². The van der Waals surface area contributed by atoms with Crippen LogP contribution < -0.4 is 10.1 Å². The zero-order valence-corrected chi connectivity index (χ0v) is 15.1. The minimum Gasteiger partial charge on any atom is -0.406 e. The third-order valence-electron chi connectivity index (χ3n) is 3.09. The number of alkyl halides is 3. The van der Waals surface area contributed by atoms with Crippen LogP contribution in [0.15, 0.2) is 48.7 Å². The van der Waals surface area contributed by atoms with Crippen LogP contribution in [0.1, 0.15) is 5.56 Å². The molecule has 3 rings (SSSR count). The quantitative estimate of drug-likeness (QED) is 0.677. The lowest BCUT2D eigenvalue weighted by Crippen LogP contribution is -2.17. The van der Waals surface area contributed by atoms with Gasteiger partial charge in [-0.3, -0.25) is 9.78 Å². The van der Waals surface area contributed by atoms with Crippen molar-refractivity contribution >= 4 is 35.0 Å². The van der Waals surface area contributed by atoms with E-state index in [1.807, 2.05) is 0 Å². The summed E-state index contributed by atoms with van der Waals surface area (Å²) in [7, 11) is 0. The van der Waals surface area contributed by atoms with Gasteiger partial charge in [0.2, 0.25) is 11.0 Å². The first-order valence-electron chi connectivity index (χ1n) is 7.29. The summed E-state index contributed by atoms with van der Waals surface area (Å²) in [5.74, 6) is -0.302. The Balaban J connectivity index is 0.00000261. The highest BCUT2D eigenvalue weighted by molar-refractivity contribution is 7.10. The molecule has 0 radical (unpaired) electrons. The van der Waals surface area contributed by atoms with Gasteiger partial charge in [0.1, 0.15) is 11.4 Å². The minimum absolute atomic E-state index is 0. The van der Waals surface area contributed by atoms with Crippen LogP contribution in [-0.4, -0.2) is 26.6 Å². The molecule has 27 heavy (non-hydrogen) atoms. The Morgan fingerprint density at radius 1 is 1.15 bits per heavy atom. The van der Waals surface area contributed by atoms with Gasteiger partial charge in [-0.05, 0) is 29.8 Å². The van der Waals surface area contributed by atoms with E-state index in [1.165, 1.54) is 12.1 Å². The smallest absolute Gasteiger partial charge is 0.406 e. The number of anilines is 1. The molecule has 0 aliphatic carbocycles. The fourth-order valence-electron chi connectivity index (χ4n) is 2.03. The first-order chi connectivity index (χ1) is 12.4. The largest absolute Gasteiger partial charge is 0.573 e. The van der Waals surface area contributed by atoms with Crippen LogP contribution in [0, 0.1) is 0 Å². The average molecular weight is 417 g/mol. The van der Waals surface area contributed by atoms with Crippen molar-refractivity contribution in [3.63, 3.8) is 0 Å². The zero-order valence-electron chi connectivity index (χ0n) is 13.4. The summed E-state index contributed by atoms with van der Waals surface area (Å²) < 4.78 is 44.3. The lowest BCUT2D eigenvalue weighted by Gasteiger charge is -2.09. The van der Waals surface area contributed by atoms with Crippen molar-refractivity contribution in [2.45, 2.75) is 12.8 Å². The molecule has 2 heterocycles. The summed E-state index contributed by atoms with van der Waals surface area (Å²) in [6.45, 7) is 0. The summed E-state index contributed by atoms with van der Waals surface area (Å²) >= 11 is 1.01. The van der Waals surface area contributed by atoms with E-state index >= 15 is 0 Å². The van der Waals surface area contributed by atoms with Crippen molar-refractivity contribution in [3.05, 3.63) is 54.2 Å². The second kappa shape index (κ2) is 8.78. The zero-order chi connectivity index (χ0) is 18.6. The minimum atomic E-state index is -4.75. The molecular weight excluding hydrogens is 405 g/mol.